The lowest BCUT2D eigenvalue weighted by Crippen LogP contribution is -2.07. The summed E-state index contributed by atoms with van der Waals surface area (Å²) >= 11 is 0. The van der Waals surface area contributed by atoms with Crippen LogP contribution in [0.1, 0.15) is 56.5 Å². The van der Waals surface area contributed by atoms with E-state index in [9.17, 15) is 0 Å². The second-order valence-corrected chi connectivity index (χ2v) is 8.44. The van der Waals surface area contributed by atoms with Gasteiger partial charge in [-0.3, -0.25) is 4.40 Å². The highest BCUT2D eigenvalue weighted by Gasteiger charge is 2.26. The number of nitrogens with zero attached hydrogens (tertiary/aromatic N) is 4. The summed E-state index contributed by atoms with van der Waals surface area (Å²) in [7, 11) is 0. The molecule has 7 nitrogen and oxygen atoms in total. The van der Waals surface area contributed by atoms with Gasteiger partial charge >= 0.3 is 0 Å². The standard InChI is InChI=1S/C26H28N6O/c1-2-3-4-13-27-25-26-29-16-23(32(26)17-21(30-25)6-5-14-33)19-9-7-18(8-10-19)22-15-28-24(31-22)20-11-12-20/h7-10,15-17,20,33H,2-4,11-14H2,1H3,(H,27,30)(H,28,31). The highest BCUT2D eigenvalue weighted by atomic mass is 16.2. The van der Waals surface area contributed by atoms with Crippen LogP contribution in [0.3, 0.4) is 0 Å². The van der Waals surface area contributed by atoms with E-state index >= 15 is 0 Å². The molecule has 0 radical (unpaired) electrons. The number of aromatic nitrogens is 5. The van der Waals surface area contributed by atoms with Crippen molar-refractivity contribution in [1.29, 1.82) is 0 Å². The van der Waals surface area contributed by atoms with Crippen molar-refractivity contribution in [2.45, 2.75) is 44.9 Å². The molecule has 168 valence electrons. The number of nitrogens with one attached hydrogen (secondary N) is 2. The predicted molar refractivity (Wildman–Crippen MR) is 130 cm³/mol. The number of fused-ring (bicyclic) bond motifs is 1. The normalized spacial score (nSPS) is 13.2. The van der Waals surface area contributed by atoms with Crippen LogP contribution in [-0.2, 0) is 0 Å². The summed E-state index contributed by atoms with van der Waals surface area (Å²) in [6, 6.07) is 8.42. The molecular weight excluding hydrogens is 412 g/mol. The third-order valence-corrected chi connectivity index (χ3v) is 5.91. The van der Waals surface area contributed by atoms with Crippen molar-refractivity contribution in [3.8, 4) is 34.4 Å². The molecule has 5 rings (SSSR count). The van der Waals surface area contributed by atoms with Crippen molar-refractivity contribution >= 4 is 11.5 Å². The summed E-state index contributed by atoms with van der Waals surface area (Å²) < 4.78 is 2.02. The van der Waals surface area contributed by atoms with Crippen LogP contribution < -0.4 is 5.32 Å². The minimum Gasteiger partial charge on any atom is -0.384 e. The molecule has 3 N–H and O–H groups in total. The zero-order valence-corrected chi connectivity index (χ0v) is 18.8. The molecule has 3 aromatic heterocycles. The zero-order chi connectivity index (χ0) is 22.6. The lowest BCUT2D eigenvalue weighted by atomic mass is 10.1. The van der Waals surface area contributed by atoms with Crippen molar-refractivity contribution in [2.75, 3.05) is 18.5 Å². The summed E-state index contributed by atoms with van der Waals surface area (Å²) in [6.45, 7) is 2.82. The van der Waals surface area contributed by atoms with E-state index in [2.05, 4.69) is 68.3 Å². The first-order chi connectivity index (χ1) is 16.3. The molecule has 1 aliphatic rings. The Morgan fingerprint density at radius 1 is 1.12 bits per heavy atom. The lowest BCUT2D eigenvalue weighted by molar-refractivity contribution is 0.350. The third-order valence-electron chi connectivity index (χ3n) is 5.91. The van der Waals surface area contributed by atoms with Crippen molar-refractivity contribution in [2.24, 2.45) is 0 Å². The van der Waals surface area contributed by atoms with Crippen LogP contribution in [-0.4, -0.2) is 42.6 Å². The second kappa shape index (κ2) is 9.47. The maximum atomic E-state index is 9.12. The predicted octanol–water partition coefficient (Wildman–Crippen LogP) is 4.61. The van der Waals surface area contributed by atoms with Gasteiger partial charge in [0.25, 0.3) is 0 Å². The van der Waals surface area contributed by atoms with Gasteiger partial charge in [0, 0.05) is 24.2 Å². The van der Waals surface area contributed by atoms with Gasteiger partial charge in [0.1, 0.15) is 18.1 Å². The van der Waals surface area contributed by atoms with Gasteiger partial charge in [-0.25, -0.2) is 15.0 Å². The highest BCUT2D eigenvalue weighted by molar-refractivity contribution is 5.73. The summed E-state index contributed by atoms with van der Waals surface area (Å²) in [5.74, 6) is 8.05. The Morgan fingerprint density at radius 2 is 1.94 bits per heavy atom. The zero-order valence-electron chi connectivity index (χ0n) is 18.8. The number of hydrogen-bond acceptors (Lipinski definition) is 5. The van der Waals surface area contributed by atoms with Crippen LogP contribution in [0.25, 0.3) is 28.2 Å². The number of aromatic amines is 1. The number of H-pyrrole nitrogens is 1. The van der Waals surface area contributed by atoms with E-state index in [1.54, 1.807) is 0 Å². The summed E-state index contributed by atoms with van der Waals surface area (Å²) in [5, 5.41) is 12.5. The molecule has 1 aromatic carbocycles. The molecule has 0 unspecified atom stereocenters. The van der Waals surface area contributed by atoms with Crippen molar-refractivity contribution in [3.05, 3.63) is 54.4 Å². The van der Waals surface area contributed by atoms with Gasteiger partial charge in [-0.1, -0.05) is 50.0 Å². The number of rotatable bonds is 8. The topological polar surface area (TPSA) is 91.1 Å². The van der Waals surface area contributed by atoms with E-state index in [4.69, 9.17) is 5.11 Å². The molecule has 0 aliphatic heterocycles. The average Bonchev–Trinajstić information content (AvgIpc) is 3.41. The SMILES string of the molecule is CCCCCNc1nc(C#CCO)cn2c(-c3ccc(-c4cnc(C5CC5)[nH]4)cc3)cnc12. The van der Waals surface area contributed by atoms with E-state index in [-0.39, 0.29) is 6.61 Å². The molecule has 1 fully saturated rings. The summed E-state index contributed by atoms with van der Waals surface area (Å²) in [6.07, 6.45) is 11.5. The van der Waals surface area contributed by atoms with Crippen molar-refractivity contribution in [3.63, 3.8) is 0 Å². The van der Waals surface area contributed by atoms with Gasteiger partial charge in [-0.15, -0.1) is 0 Å². The molecule has 0 atom stereocenters. The number of unbranched alkanes of at least 4 members (excludes halogenated alkanes) is 2. The van der Waals surface area contributed by atoms with Crippen molar-refractivity contribution in [1.82, 2.24) is 24.3 Å². The van der Waals surface area contributed by atoms with E-state index in [0.717, 1.165) is 59.8 Å². The fraction of sp³-hybridized carbons (Fsp3) is 0.346. The molecule has 0 bridgehead atoms. The Morgan fingerprint density at radius 3 is 2.70 bits per heavy atom. The minimum absolute atomic E-state index is 0.201. The quantitative estimate of drug-likeness (QED) is 0.275. The Hall–Kier alpha value is -3.63. The fourth-order valence-corrected chi connectivity index (χ4v) is 3.96. The molecule has 0 spiro atoms. The Balaban J connectivity index is 1.46. The number of aliphatic hydroxyl groups is 1. The molecule has 1 aliphatic carbocycles. The largest absolute Gasteiger partial charge is 0.384 e. The second-order valence-electron chi connectivity index (χ2n) is 8.44. The van der Waals surface area contributed by atoms with E-state index in [1.807, 2.05) is 23.0 Å². The van der Waals surface area contributed by atoms with E-state index in [0.29, 0.717) is 17.4 Å². The van der Waals surface area contributed by atoms with Gasteiger partial charge in [0.05, 0.1) is 23.8 Å². The first-order valence-electron chi connectivity index (χ1n) is 11.6. The first kappa shape index (κ1) is 21.2. The number of imidazole rings is 2. The van der Waals surface area contributed by atoms with Crippen LogP contribution in [0, 0.1) is 11.8 Å². The molecule has 4 aromatic rings. The number of hydrogen-bond donors (Lipinski definition) is 3. The van der Waals surface area contributed by atoms with Crippen LogP contribution in [0.15, 0.2) is 42.9 Å². The average molecular weight is 441 g/mol. The maximum Gasteiger partial charge on any atom is 0.180 e. The smallest absolute Gasteiger partial charge is 0.180 e. The lowest BCUT2D eigenvalue weighted by Gasteiger charge is -2.09. The monoisotopic (exact) mass is 440 g/mol. The molecule has 33 heavy (non-hydrogen) atoms. The first-order valence-corrected chi connectivity index (χ1v) is 11.6. The van der Waals surface area contributed by atoms with Crippen LogP contribution in [0.4, 0.5) is 5.82 Å². The van der Waals surface area contributed by atoms with Gasteiger partial charge < -0.3 is 15.4 Å². The van der Waals surface area contributed by atoms with Gasteiger partial charge in [-0.2, -0.15) is 0 Å². The molecule has 0 saturated heterocycles. The van der Waals surface area contributed by atoms with Gasteiger partial charge in [0.15, 0.2) is 11.5 Å². The van der Waals surface area contributed by atoms with E-state index < -0.39 is 0 Å². The Bertz CT molecular complexity index is 1300. The number of benzene rings is 1. The molecule has 7 heteroatoms. The van der Waals surface area contributed by atoms with Crippen LogP contribution >= 0.6 is 0 Å². The fourth-order valence-electron chi connectivity index (χ4n) is 3.96. The number of aliphatic hydroxyl groups excluding tert-OH is 1. The molecular formula is C26H28N6O. The summed E-state index contributed by atoms with van der Waals surface area (Å²) in [4.78, 5) is 17.3. The van der Waals surface area contributed by atoms with Gasteiger partial charge in [-0.05, 0) is 30.7 Å². The molecule has 1 saturated carbocycles. The Labute approximate surface area is 193 Å². The van der Waals surface area contributed by atoms with Crippen LogP contribution in [0.2, 0.25) is 0 Å². The molecule has 3 heterocycles. The maximum absolute atomic E-state index is 9.12. The van der Waals surface area contributed by atoms with E-state index in [1.165, 1.54) is 12.8 Å². The third kappa shape index (κ3) is 4.62. The Kier molecular flexibility index (Phi) is 6.09. The summed E-state index contributed by atoms with van der Waals surface area (Å²) in [5.41, 5.74) is 5.54. The highest BCUT2D eigenvalue weighted by Crippen LogP contribution is 2.39. The van der Waals surface area contributed by atoms with Crippen molar-refractivity contribution < 1.29 is 5.11 Å². The number of anilines is 1. The minimum atomic E-state index is -0.201. The van der Waals surface area contributed by atoms with Crippen LogP contribution in [0.5, 0.6) is 0 Å². The van der Waals surface area contributed by atoms with Gasteiger partial charge in [0.2, 0.25) is 0 Å². The molecule has 0 amide bonds.